The summed E-state index contributed by atoms with van der Waals surface area (Å²) in [4.78, 5) is 0. The molecule has 0 aromatic carbocycles. The molecule has 1 N–H and O–H groups in total. The monoisotopic (exact) mass is 235 g/mol. The smallest absolute Gasteiger partial charge is 0.249 e. The topological polar surface area (TPSA) is 12.0 Å². The molecule has 0 aliphatic rings. The first-order valence-electron chi connectivity index (χ1n) is 6.04. The maximum absolute atomic E-state index is 13.5. The van der Waals surface area contributed by atoms with Crippen molar-refractivity contribution in [1.82, 2.24) is 5.32 Å². The van der Waals surface area contributed by atoms with Gasteiger partial charge in [-0.05, 0) is 32.6 Å². The van der Waals surface area contributed by atoms with Crippen molar-refractivity contribution in [2.75, 3.05) is 6.54 Å². The molecule has 0 fully saturated rings. The molecule has 0 heterocycles. The van der Waals surface area contributed by atoms with Gasteiger partial charge in [-0.1, -0.05) is 20.8 Å². The SMILES string of the molecule is CC(C)(C)CCC(F)(F)CCNC(C)(C)C. The van der Waals surface area contributed by atoms with Crippen molar-refractivity contribution in [1.29, 1.82) is 0 Å². The first kappa shape index (κ1) is 15.8. The lowest BCUT2D eigenvalue weighted by Crippen LogP contribution is -2.38. The van der Waals surface area contributed by atoms with Crippen LogP contribution in [0.2, 0.25) is 0 Å². The van der Waals surface area contributed by atoms with Crippen molar-refractivity contribution in [2.24, 2.45) is 5.41 Å². The van der Waals surface area contributed by atoms with Gasteiger partial charge < -0.3 is 5.32 Å². The third kappa shape index (κ3) is 10.3. The molecule has 0 aromatic heterocycles. The number of hydrogen-bond acceptors (Lipinski definition) is 1. The molecule has 0 aliphatic carbocycles. The number of hydrogen-bond donors (Lipinski definition) is 1. The third-order valence-electron chi connectivity index (χ3n) is 2.39. The van der Waals surface area contributed by atoms with Crippen LogP contribution < -0.4 is 5.32 Å². The fourth-order valence-corrected chi connectivity index (χ4v) is 1.30. The maximum Gasteiger partial charge on any atom is 0.249 e. The Kier molecular flexibility index (Phi) is 5.37. The normalized spacial score (nSPS) is 14.2. The second kappa shape index (κ2) is 5.44. The molecule has 0 saturated heterocycles. The van der Waals surface area contributed by atoms with Crippen LogP contribution in [0.5, 0.6) is 0 Å². The zero-order chi connectivity index (χ0) is 13.0. The van der Waals surface area contributed by atoms with Gasteiger partial charge in [0.25, 0.3) is 0 Å². The highest BCUT2D eigenvalue weighted by Gasteiger charge is 2.30. The Morgan fingerprint density at radius 1 is 0.812 bits per heavy atom. The lowest BCUT2D eigenvalue weighted by atomic mass is 9.88. The number of halogens is 2. The van der Waals surface area contributed by atoms with Gasteiger partial charge in [0, 0.05) is 24.9 Å². The Morgan fingerprint density at radius 2 is 1.31 bits per heavy atom. The Bertz CT molecular complexity index is 199. The summed E-state index contributed by atoms with van der Waals surface area (Å²) in [5, 5.41) is 3.10. The van der Waals surface area contributed by atoms with E-state index in [-0.39, 0.29) is 23.8 Å². The van der Waals surface area contributed by atoms with Gasteiger partial charge in [-0.2, -0.15) is 0 Å². The molecule has 1 nitrogen and oxygen atoms in total. The summed E-state index contributed by atoms with van der Waals surface area (Å²) in [5.74, 6) is -2.54. The van der Waals surface area contributed by atoms with Gasteiger partial charge >= 0.3 is 0 Å². The molecule has 3 heteroatoms. The predicted molar refractivity (Wildman–Crippen MR) is 66.0 cm³/mol. The van der Waals surface area contributed by atoms with Crippen molar-refractivity contribution in [3.05, 3.63) is 0 Å². The Hall–Kier alpha value is -0.180. The summed E-state index contributed by atoms with van der Waals surface area (Å²) in [6.07, 6.45) is 0.484. The van der Waals surface area contributed by atoms with Gasteiger partial charge in [0.2, 0.25) is 5.92 Å². The van der Waals surface area contributed by atoms with Crippen molar-refractivity contribution < 1.29 is 8.78 Å². The number of alkyl halides is 2. The molecule has 0 aromatic rings. The summed E-state index contributed by atoms with van der Waals surface area (Å²) in [6, 6.07) is 0. The van der Waals surface area contributed by atoms with E-state index in [0.29, 0.717) is 13.0 Å². The Balaban J connectivity index is 3.88. The van der Waals surface area contributed by atoms with Crippen LogP contribution in [0.4, 0.5) is 8.78 Å². The standard InChI is InChI=1S/C13H27F2N/c1-11(2,3)7-8-13(14,15)9-10-16-12(4,5)6/h16H,7-10H2,1-6H3. The number of nitrogens with one attached hydrogen (secondary N) is 1. The molecule has 0 atom stereocenters. The van der Waals surface area contributed by atoms with Crippen molar-refractivity contribution in [2.45, 2.75) is 72.3 Å². The van der Waals surface area contributed by atoms with E-state index >= 15 is 0 Å². The molecule has 0 aliphatic heterocycles. The summed E-state index contributed by atoms with van der Waals surface area (Å²) in [6.45, 7) is 12.3. The van der Waals surface area contributed by atoms with Crippen LogP contribution in [-0.2, 0) is 0 Å². The third-order valence-corrected chi connectivity index (χ3v) is 2.39. The van der Waals surface area contributed by atoms with Crippen LogP contribution in [0.25, 0.3) is 0 Å². The van der Waals surface area contributed by atoms with E-state index in [0.717, 1.165) is 0 Å². The van der Waals surface area contributed by atoms with Crippen LogP contribution in [0, 0.1) is 5.41 Å². The van der Waals surface area contributed by atoms with Gasteiger partial charge in [0.1, 0.15) is 0 Å². The van der Waals surface area contributed by atoms with Crippen molar-refractivity contribution >= 4 is 0 Å². The van der Waals surface area contributed by atoms with Crippen LogP contribution >= 0.6 is 0 Å². The van der Waals surface area contributed by atoms with E-state index in [1.807, 2.05) is 41.5 Å². The first-order valence-corrected chi connectivity index (χ1v) is 6.04. The number of rotatable bonds is 5. The van der Waals surface area contributed by atoms with Gasteiger partial charge in [-0.15, -0.1) is 0 Å². The maximum atomic E-state index is 13.5. The largest absolute Gasteiger partial charge is 0.312 e. The molecule has 0 amide bonds. The van der Waals surface area contributed by atoms with Gasteiger partial charge in [-0.3, -0.25) is 0 Å². The summed E-state index contributed by atoms with van der Waals surface area (Å²) in [7, 11) is 0. The predicted octanol–water partition coefficient (Wildman–Crippen LogP) is 4.23. The lowest BCUT2D eigenvalue weighted by molar-refractivity contribution is -0.0255. The highest BCUT2D eigenvalue weighted by Crippen LogP contribution is 2.31. The average molecular weight is 235 g/mol. The quantitative estimate of drug-likeness (QED) is 0.752. The van der Waals surface area contributed by atoms with E-state index in [1.54, 1.807) is 0 Å². The Morgan fingerprint density at radius 3 is 1.69 bits per heavy atom. The first-order chi connectivity index (χ1) is 6.91. The highest BCUT2D eigenvalue weighted by molar-refractivity contribution is 4.76. The summed E-state index contributed by atoms with van der Waals surface area (Å²) in [5.41, 5.74) is -0.0962. The highest BCUT2D eigenvalue weighted by atomic mass is 19.3. The van der Waals surface area contributed by atoms with Crippen LogP contribution in [-0.4, -0.2) is 18.0 Å². The van der Waals surface area contributed by atoms with E-state index in [1.165, 1.54) is 0 Å². The minimum Gasteiger partial charge on any atom is -0.312 e. The van der Waals surface area contributed by atoms with Crippen LogP contribution in [0.3, 0.4) is 0 Å². The molecular formula is C13H27F2N. The van der Waals surface area contributed by atoms with Gasteiger partial charge in [-0.25, -0.2) is 8.78 Å². The second-order valence-electron chi connectivity index (χ2n) is 6.84. The minimum atomic E-state index is -2.54. The molecule has 0 unspecified atom stereocenters. The van der Waals surface area contributed by atoms with Crippen molar-refractivity contribution in [3.8, 4) is 0 Å². The Labute approximate surface area is 99.0 Å². The second-order valence-corrected chi connectivity index (χ2v) is 6.84. The average Bonchev–Trinajstić information content (AvgIpc) is 1.97. The molecule has 0 spiro atoms. The molecule has 0 rings (SSSR count). The molecule has 0 bridgehead atoms. The molecule has 98 valence electrons. The molecule has 16 heavy (non-hydrogen) atoms. The van der Waals surface area contributed by atoms with E-state index in [4.69, 9.17) is 0 Å². The zero-order valence-corrected chi connectivity index (χ0v) is 11.6. The van der Waals surface area contributed by atoms with Crippen LogP contribution in [0.1, 0.15) is 60.8 Å². The molecule has 0 radical (unpaired) electrons. The minimum absolute atomic E-state index is 0.0116. The zero-order valence-electron chi connectivity index (χ0n) is 11.6. The fraction of sp³-hybridized carbons (Fsp3) is 1.00. The fourth-order valence-electron chi connectivity index (χ4n) is 1.30. The van der Waals surface area contributed by atoms with E-state index in [2.05, 4.69) is 5.32 Å². The van der Waals surface area contributed by atoms with E-state index < -0.39 is 5.92 Å². The van der Waals surface area contributed by atoms with Crippen molar-refractivity contribution in [3.63, 3.8) is 0 Å². The lowest BCUT2D eigenvalue weighted by Gasteiger charge is -2.25. The van der Waals surface area contributed by atoms with Crippen LogP contribution in [0.15, 0.2) is 0 Å². The molecule has 0 saturated carbocycles. The molecular weight excluding hydrogens is 208 g/mol. The van der Waals surface area contributed by atoms with E-state index in [9.17, 15) is 8.78 Å². The van der Waals surface area contributed by atoms with Gasteiger partial charge in [0.15, 0.2) is 0 Å². The van der Waals surface area contributed by atoms with Gasteiger partial charge in [0.05, 0.1) is 0 Å². The summed E-state index contributed by atoms with van der Waals surface area (Å²) >= 11 is 0. The summed E-state index contributed by atoms with van der Waals surface area (Å²) < 4.78 is 27.0.